The van der Waals surface area contributed by atoms with Crippen molar-refractivity contribution in [3.05, 3.63) is 57.2 Å². The van der Waals surface area contributed by atoms with Gasteiger partial charge in [-0.25, -0.2) is 0 Å². The van der Waals surface area contributed by atoms with E-state index in [1.54, 1.807) is 22.7 Å². The fraction of sp³-hybridized carbons (Fsp3) is 0.188. The van der Waals surface area contributed by atoms with Gasteiger partial charge < -0.3 is 5.32 Å². The number of hydrogen-bond acceptors (Lipinski definition) is 4. The number of amides is 1. The van der Waals surface area contributed by atoms with Crippen LogP contribution in [0.1, 0.15) is 18.5 Å². The summed E-state index contributed by atoms with van der Waals surface area (Å²) in [5, 5.41) is 13.0. The predicted octanol–water partition coefficient (Wildman–Crippen LogP) is 4.66. The van der Waals surface area contributed by atoms with Gasteiger partial charge in [0.25, 0.3) is 0 Å². The summed E-state index contributed by atoms with van der Waals surface area (Å²) in [4.78, 5) is 12.2. The lowest BCUT2D eigenvalue weighted by molar-refractivity contribution is -0.119. The third-order valence-corrected chi connectivity index (χ3v) is 5.25. The summed E-state index contributed by atoms with van der Waals surface area (Å²) in [6.45, 7) is 1.88. The first-order chi connectivity index (χ1) is 12.0. The zero-order valence-corrected chi connectivity index (χ0v) is 16.1. The van der Waals surface area contributed by atoms with E-state index >= 15 is 0 Å². The molecule has 3 rings (SSSR count). The van der Waals surface area contributed by atoms with E-state index in [-0.39, 0.29) is 17.7 Å². The average Bonchev–Trinajstić information content (AvgIpc) is 2.96. The molecule has 2 aromatic heterocycles. The normalized spacial score (nSPS) is 12.3. The van der Waals surface area contributed by atoms with Gasteiger partial charge >= 0.3 is 0 Å². The molecule has 0 aliphatic carbocycles. The van der Waals surface area contributed by atoms with Gasteiger partial charge in [-0.2, -0.15) is 0 Å². The quantitative estimate of drug-likeness (QED) is 0.616. The first-order valence-corrected chi connectivity index (χ1v) is 9.44. The van der Waals surface area contributed by atoms with Crippen LogP contribution in [0.4, 0.5) is 0 Å². The summed E-state index contributed by atoms with van der Waals surface area (Å²) in [6.07, 6.45) is 1.66. The van der Waals surface area contributed by atoms with Gasteiger partial charge in [0.05, 0.1) is 21.8 Å². The number of carbonyl (C=O) groups excluding carboxylic acids is 1. The highest BCUT2D eigenvalue weighted by Gasteiger charge is 2.15. The van der Waals surface area contributed by atoms with Crippen molar-refractivity contribution in [1.82, 2.24) is 19.9 Å². The second-order valence-corrected chi connectivity index (χ2v) is 7.48. The van der Waals surface area contributed by atoms with Crippen molar-refractivity contribution >= 4 is 58.1 Å². The first kappa shape index (κ1) is 18.3. The molecule has 0 saturated carbocycles. The highest BCUT2D eigenvalue weighted by molar-refractivity contribution is 7.99. The minimum absolute atomic E-state index is 0.137. The van der Waals surface area contributed by atoms with Gasteiger partial charge in [0.15, 0.2) is 10.8 Å². The number of nitrogens with one attached hydrogen (secondary N) is 1. The molecule has 0 saturated heterocycles. The highest BCUT2D eigenvalue weighted by Crippen LogP contribution is 2.26. The molecule has 1 aromatic carbocycles. The molecule has 0 fully saturated rings. The van der Waals surface area contributed by atoms with Gasteiger partial charge in [0, 0.05) is 11.2 Å². The van der Waals surface area contributed by atoms with Crippen molar-refractivity contribution in [3.8, 4) is 0 Å². The number of rotatable bonds is 5. The summed E-state index contributed by atoms with van der Waals surface area (Å²) < 4.78 is 1.67. The Morgan fingerprint density at radius 1 is 1.24 bits per heavy atom. The van der Waals surface area contributed by atoms with Gasteiger partial charge in [0.2, 0.25) is 5.91 Å². The monoisotopic (exact) mass is 414 g/mol. The molecular weight excluding hydrogens is 403 g/mol. The van der Waals surface area contributed by atoms with Crippen molar-refractivity contribution in [2.45, 2.75) is 18.1 Å². The predicted molar refractivity (Wildman–Crippen MR) is 102 cm³/mol. The van der Waals surface area contributed by atoms with Crippen molar-refractivity contribution in [3.63, 3.8) is 0 Å². The van der Waals surface area contributed by atoms with Gasteiger partial charge in [-0.1, -0.05) is 64.8 Å². The average molecular weight is 416 g/mol. The third-order valence-electron chi connectivity index (χ3n) is 3.48. The Labute approximate surface area is 163 Å². The lowest BCUT2D eigenvalue weighted by atomic mass is 10.1. The van der Waals surface area contributed by atoms with E-state index in [1.807, 2.05) is 25.1 Å². The maximum atomic E-state index is 12.2. The van der Waals surface area contributed by atoms with Crippen molar-refractivity contribution < 1.29 is 4.79 Å². The van der Waals surface area contributed by atoms with Crippen LogP contribution in [-0.2, 0) is 4.79 Å². The summed E-state index contributed by atoms with van der Waals surface area (Å²) in [6, 6.07) is 8.82. The molecule has 1 atom stereocenters. The number of carbonyl (C=O) groups is 1. The molecule has 1 N–H and O–H groups in total. The van der Waals surface area contributed by atoms with Crippen LogP contribution < -0.4 is 5.32 Å². The lowest BCUT2D eigenvalue weighted by Gasteiger charge is -2.15. The maximum Gasteiger partial charge on any atom is 0.230 e. The number of thioether (sulfide) groups is 1. The van der Waals surface area contributed by atoms with Crippen LogP contribution in [0.5, 0.6) is 0 Å². The Bertz CT molecular complexity index is 931. The molecule has 0 aliphatic heterocycles. The molecule has 130 valence electrons. The van der Waals surface area contributed by atoms with Crippen molar-refractivity contribution in [2.24, 2.45) is 0 Å². The highest BCUT2D eigenvalue weighted by atomic mass is 35.5. The van der Waals surface area contributed by atoms with Crippen LogP contribution in [-0.4, -0.2) is 26.3 Å². The van der Waals surface area contributed by atoms with E-state index in [1.165, 1.54) is 11.8 Å². The zero-order chi connectivity index (χ0) is 18.0. The van der Waals surface area contributed by atoms with E-state index in [9.17, 15) is 4.79 Å². The van der Waals surface area contributed by atoms with Crippen LogP contribution in [0.15, 0.2) is 41.7 Å². The summed E-state index contributed by atoms with van der Waals surface area (Å²) >= 11 is 19.5. The SMILES string of the molecule is CC(NC(=O)CSc1nnc2c(Cl)cc(Cl)cn12)c1ccccc1Cl. The molecule has 3 aromatic rings. The van der Waals surface area contributed by atoms with Gasteiger partial charge in [0.1, 0.15) is 0 Å². The van der Waals surface area contributed by atoms with E-state index in [4.69, 9.17) is 34.8 Å². The smallest absolute Gasteiger partial charge is 0.230 e. The van der Waals surface area contributed by atoms with Crippen molar-refractivity contribution in [2.75, 3.05) is 5.75 Å². The Kier molecular flexibility index (Phi) is 5.74. The van der Waals surface area contributed by atoms with Crippen LogP contribution >= 0.6 is 46.6 Å². The largest absolute Gasteiger partial charge is 0.349 e. The Morgan fingerprint density at radius 2 is 2.00 bits per heavy atom. The number of hydrogen-bond donors (Lipinski definition) is 1. The Hall–Kier alpha value is -1.47. The molecule has 2 heterocycles. The molecule has 5 nitrogen and oxygen atoms in total. The van der Waals surface area contributed by atoms with Crippen LogP contribution in [0.25, 0.3) is 5.65 Å². The molecule has 0 radical (unpaired) electrons. The van der Waals surface area contributed by atoms with Crippen LogP contribution in [0, 0.1) is 0 Å². The third kappa shape index (κ3) is 4.20. The second kappa shape index (κ2) is 7.83. The minimum Gasteiger partial charge on any atom is -0.349 e. The molecule has 0 bridgehead atoms. The first-order valence-electron chi connectivity index (χ1n) is 7.32. The maximum absolute atomic E-state index is 12.2. The number of halogens is 3. The number of aromatic nitrogens is 3. The van der Waals surface area contributed by atoms with E-state index in [0.717, 1.165) is 5.56 Å². The van der Waals surface area contributed by atoms with Gasteiger partial charge in [-0.15, -0.1) is 10.2 Å². The fourth-order valence-electron chi connectivity index (χ4n) is 2.32. The molecule has 25 heavy (non-hydrogen) atoms. The molecule has 1 amide bonds. The Morgan fingerprint density at radius 3 is 2.76 bits per heavy atom. The molecule has 9 heteroatoms. The van der Waals surface area contributed by atoms with E-state index in [0.29, 0.717) is 25.9 Å². The molecule has 1 unspecified atom stereocenters. The molecular formula is C16H13Cl3N4OS. The topological polar surface area (TPSA) is 59.3 Å². The van der Waals surface area contributed by atoms with E-state index < -0.39 is 0 Å². The van der Waals surface area contributed by atoms with Gasteiger partial charge in [-0.3, -0.25) is 9.20 Å². The lowest BCUT2D eigenvalue weighted by Crippen LogP contribution is -2.28. The standard InChI is InChI=1S/C16H13Cl3N4OS/c1-9(11-4-2-3-5-12(11)18)20-14(24)8-25-16-22-21-15-13(19)6-10(17)7-23(15)16/h2-7,9H,8H2,1H3,(H,20,24). The zero-order valence-electron chi connectivity index (χ0n) is 13.0. The second-order valence-electron chi connectivity index (χ2n) is 5.28. The number of nitrogens with zero attached hydrogens (tertiary/aromatic N) is 3. The van der Waals surface area contributed by atoms with Crippen LogP contribution in [0.3, 0.4) is 0 Å². The van der Waals surface area contributed by atoms with Gasteiger partial charge in [-0.05, 0) is 24.6 Å². The number of benzene rings is 1. The van der Waals surface area contributed by atoms with E-state index in [2.05, 4.69) is 15.5 Å². The molecule has 0 spiro atoms. The van der Waals surface area contributed by atoms with Crippen molar-refractivity contribution in [1.29, 1.82) is 0 Å². The number of pyridine rings is 1. The summed E-state index contributed by atoms with van der Waals surface area (Å²) in [5.74, 6) is 0.0435. The minimum atomic E-state index is -0.194. The summed E-state index contributed by atoms with van der Waals surface area (Å²) in [7, 11) is 0. The molecule has 0 aliphatic rings. The summed E-state index contributed by atoms with van der Waals surface area (Å²) in [5.41, 5.74) is 1.37. The van der Waals surface area contributed by atoms with Crippen LogP contribution in [0.2, 0.25) is 15.1 Å². The fourth-order valence-corrected chi connectivity index (χ4v) is 3.85. The number of fused-ring (bicyclic) bond motifs is 1. The Balaban J connectivity index is 1.66.